The Morgan fingerprint density at radius 3 is 2.67 bits per heavy atom. The second kappa shape index (κ2) is 9.97. The lowest BCUT2D eigenvalue weighted by Crippen LogP contribution is -2.43. The average molecular weight is 462 g/mol. The van der Waals surface area contributed by atoms with E-state index in [1.807, 2.05) is 18.4 Å². The third-order valence-electron chi connectivity index (χ3n) is 4.78. The molecule has 0 radical (unpaired) electrons. The van der Waals surface area contributed by atoms with Gasteiger partial charge in [-0.2, -0.15) is 0 Å². The minimum absolute atomic E-state index is 0. The summed E-state index contributed by atoms with van der Waals surface area (Å²) in [5, 5.41) is 5.69. The molecule has 2 fully saturated rings. The molecule has 2 saturated carbocycles. The van der Waals surface area contributed by atoms with Crippen molar-refractivity contribution in [3.05, 3.63) is 22.4 Å². The summed E-state index contributed by atoms with van der Waals surface area (Å²) >= 11 is 1.83. The first-order valence-electron chi connectivity index (χ1n) is 8.94. The van der Waals surface area contributed by atoms with Crippen LogP contribution in [0.3, 0.4) is 0 Å². The van der Waals surface area contributed by atoms with Gasteiger partial charge in [0, 0.05) is 51.2 Å². The maximum atomic E-state index is 4.43. The first-order valence-corrected chi connectivity index (χ1v) is 9.82. The third-order valence-corrected chi connectivity index (χ3v) is 5.72. The summed E-state index contributed by atoms with van der Waals surface area (Å²) in [5.74, 6) is 2.01. The van der Waals surface area contributed by atoms with Crippen LogP contribution in [-0.4, -0.2) is 62.1 Å². The molecule has 3 rings (SSSR count). The van der Waals surface area contributed by atoms with E-state index < -0.39 is 0 Å². The van der Waals surface area contributed by atoms with Crippen molar-refractivity contribution >= 4 is 41.3 Å². The second-order valence-corrected chi connectivity index (χ2v) is 7.93. The molecule has 2 aliphatic carbocycles. The summed E-state index contributed by atoms with van der Waals surface area (Å²) in [6.07, 6.45) is 6.79. The van der Waals surface area contributed by atoms with Gasteiger partial charge in [0.2, 0.25) is 0 Å². The molecule has 1 heterocycles. The number of halogens is 1. The number of guanidine groups is 1. The van der Waals surface area contributed by atoms with Gasteiger partial charge >= 0.3 is 0 Å². The zero-order valence-corrected chi connectivity index (χ0v) is 18.1. The van der Waals surface area contributed by atoms with Crippen molar-refractivity contribution in [3.63, 3.8) is 0 Å². The molecule has 6 heteroatoms. The molecule has 24 heavy (non-hydrogen) atoms. The van der Waals surface area contributed by atoms with Gasteiger partial charge in [0.1, 0.15) is 0 Å². The van der Waals surface area contributed by atoms with Gasteiger partial charge in [0.15, 0.2) is 5.96 Å². The Kier molecular flexibility index (Phi) is 8.30. The number of nitrogens with zero attached hydrogens (tertiary/aromatic N) is 3. The molecule has 0 bridgehead atoms. The fourth-order valence-electron chi connectivity index (χ4n) is 3.03. The Hall–Kier alpha value is -0.340. The highest BCUT2D eigenvalue weighted by molar-refractivity contribution is 14.0. The van der Waals surface area contributed by atoms with Gasteiger partial charge in [-0.1, -0.05) is 6.07 Å². The maximum absolute atomic E-state index is 4.43. The zero-order valence-electron chi connectivity index (χ0n) is 14.9. The summed E-state index contributed by atoms with van der Waals surface area (Å²) in [6.45, 7) is 4.48. The van der Waals surface area contributed by atoms with Gasteiger partial charge in [0.05, 0.1) is 0 Å². The molecule has 0 aliphatic heterocycles. The summed E-state index contributed by atoms with van der Waals surface area (Å²) in [7, 11) is 4.01. The first kappa shape index (κ1) is 20.0. The van der Waals surface area contributed by atoms with Crippen molar-refractivity contribution in [2.24, 2.45) is 10.9 Å². The fraction of sp³-hybridized carbons (Fsp3) is 0.722. The number of likely N-dealkylation sites (N-methyl/N-ethyl adjacent to an activating group) is 1. The maximum Gasteiger partial charge on any atom is 0.193 e. The summed E-state index contributed by atoms with van der Waals surface area (Å²) in [5.41, 5.74) is 0. The van der Waals surface area contributed by atoms with Crippen LogP contribution in [0.2, 0.25) is 0 Å². The Morgan fingerprint density at radius 2 is 2.08 bits per heavy atom. The fourth-order valence-corrected chi connectivity index (χ4v) is 3.73. The van der Waals surface area contributed by atoms with Crippen molar-refractivity contribution in [1.82, 2.24) is 15.1 Å². The topological polar surface area (TPSA) is 30.9 Å². The van der Waals surface area contributed by atoms with Crippen LogP contribution >= 0.6 is 35.3 Å². The lowest BCUT2D eigenvalue weighted by atomic mass is 10.3. The lowest BCUT2D eigenvalue weighted by Gasteiger charge is -2.25. The van der Waals surface area contributed by atoms with Crippen LogP contribution in [0.25, 0.3) is 0 Å². The highest BCUT2D eigenvalue weighted by atomic mass is 127. The number of hydrogen-bond acceptors (Lipinski definition) is 3. The van der Waals surface area contributed by atoms with E-state index in [0.29, 0.717) is 0 Å². The molecule has 4 nitrogen and oxygen atoms in total. The molecule has 1 aromatic rings. The molecule has 0 atom stereocenters. The molecule has 136 valence electrons. The first-order chi connectivity index (χ1) is 11.3. The van der Waals surface area contributed by atoms with Crippen molar-refractivity contribution in [2.45, 2.75) is 38.1 Å². The van der Waals surface area contributed by atoms with Crippen molar-refractivity contribution in [3.8, 4) is 0 Å². The summed E-state index contributed by atoms with van der Waals surface area (Å²) in [4.78, 5) is 10.8. The van der Waals surface area contributed by atoms with Crippen molar-refractivity contribution in [2.75, 3.05) is 40.3 Å². The monoisotopic (exact) mass is 462 g/mol. The normalized spacial score (nSPS) is 17.7. The molecule has 0 unspecified atom stereocenters. The third kappa shape index (κ3) is 6.52. The Morgan fingerprint density at radius 1 is 1.29 bits per heavy atom. The number of rotatable bonds is 9. The highest BCUT2D eigenvalue weighted by Gasteiger charge is 2.33. The van der Waals surface area contributed by atoms with Crippen LogP contribution in [0.4, 0.5) is 0 Å². The Labute approximate surface area is 167 Å². The van der Waals surface area contributed by atoms with Crippen LogP contribution < -0.4 is 5.32 Å². The van der Waals surface area contributed by atoms with Crippen molar-refractivity contribution in [1.29, 1.82) is 0 Å². The number of thiophene rings is 1. The molecular formula is C18H31IN4S. The van der Waals surface area contributed by atoms with Crippen LogP contribution in [-0.2, 0) is 6.42 Å². The van der Waals surface area contributed by atoms with E-state index >= 15 is 0 Å². The van der Waals surface area contributed by atoms with Crippen molar-refractivity contribution < 1.29 is 0 Å². The number of nitrogens with one attached hydrogen (secondary N) is 1. The minimum atomic E-state index is 0. The molecule has 1 aromatic heterocycles. The van der Waals surface area contributed by atoms with Gasteiger partial charge < -0.3 is 10.2 Å². The zero-order chi connectivity index (χ0) is 16.1. The smallest absolute Gasteiger partial charge is 0.193 e. The molecule has 1 N–H and O–H groups in total. The second-order valence-electron chi connectivity index (χ2n) is 6.89. The van der Waals surface area contributed by atoms with E-state index in [9.17, 15) is 0 Å². The average Bonchev–Trinajstić information content (AvgIpc) is 3.48. The lowest BCUT2D eigenvalue weighted by molar-refractivity contribution is 0.255. The van der Waals surface area contributed by atoms with E-state index in [4.69, 9.17) is 0 Å². The van der Waals surface area contributed by atoms with Crippen LogP contribution in [0.5, 0.6) is 0 Å². The van der Waals surface area contributed by atoms with Crippen LogP contribution in [0.15, 0.2) is 22.5 Å². The van der Waals surface area contributed by atoms with Crippen LogP contribution in [0, 0.1) is 5.92 Å². The van der Waals surface area contributed by atoms with Gasteiger partial charge in [-0.05, 0) is 49.5 Å². The summed E-state index contributed by atoms with van der Waals surface area (Å²) < 4.78 is 0. The number of aliphatic imine (C=N–C) groups is 1. The minimum Gasteiger partial charge on any atom is -0.355 e. The largest absolute Gasteiger partial charge is 0.355 e. The van der Waals surface area contributed by atoms with E-state index in [0.717, 1.165) is 44.0 Å². The van der Waals surface area contributed by atoms with Gasteiger partial charge in [-0.25, -0.2) is 0 Å². The quantitative estimate of drug-likeness (QED) is 0.347. The molecule has 0 saturated heterocycles. The number of hydrogen-bond donors (Lipinski definition) is 1. The molecule has 0 amide bonds. The predicted molar refractivity (Wildman–Crippen MR) is 115 cm³/mol. The molecular weight excluding hydrogens is 431 g/mol. The van der Waals surface area contributed by atoms with Gasteiger partial charge in [-0.15, -0.1) is 35.3 Å². The SMILES string of the molecule is CN=C(NCCN(CC1CC1)C1CC1)N(C)CCc1cccs1.I. The van der Waals surface area contributed by atoms with Crippen LogP contribution in [0.1, 0.15) is 30.6 Å². The Bertz CT molecular complexity index is 497. The van der Waals surface area contributed by atoms with Gasteiger partial charge in [-0.3, -0.25) is 9.89 Å². The van der Waals surface area contributed by atoms with E-state index in [1.165, 1.54) is 37.1 Å². The predicted octanol–water partition coefficient (Wildman–Crippen LogP) is 3.29. The molecule has 2 aliphatic rings. The van der Waals surface area contributed by atoms with E-state index in [-0.39, 0.29) is 24.0 Å². The van der Waals surface area contributed by atoms with E-state index in [2.05, 4.69) is 44.7 Å². The van der Waals surface area contributed by atoms with E-state index in [1.54, 1.807) is 0 Å². The standard InChI is InChI=1S/C18H30N4S.HI/c1-19-18(21(2)11-9-17-4-3-13-23-17)20-10-12-22(16-7-8-16)14-15-5-6-15;/h3-4,13,15-16H,5-12,14H2,1-2H3,(H,19,20);1H. The Balaban J connectivity index is 0.00000208. The van der Waals surface area contributed by atoms with Gasteiger partial charge in [0.25, 0.3) is 0 Å². The molecule has 0 spiro atoms. The molecule has 0 aromatic carbocycles. The summed E-state index contributed by atoms with van der Waals surface area (Å²) in [6, 6.07) is 5.20. The highest BCUT2D eigenvalue weighted by Crippen LogP contribution is 2.34.